The minimum Gasteiger partial charge on any atom is -0.316 e. The Morgan fingerprint density at radius 2 is 1.83 bits per heavy atom. The van der Waals surface area contributed by atoms with Gasteiger partial charge in [0.1, 0.15) is 0 Å². The van der Waals surface area contributed by atoms with Gasteiger partial charge in [-0.05, 0) is 24.7 Å². The maximum Gasteiger partial charge on any atom is 0.239 e. The smallest absolute Gasteiger partial charge is 0.239 e. The van der Waals surface area contributed by atoms with E-state index in [9.17, 15) is 9.59 Å². The lowest BCUT2D eigenvalue weighted by atomic mass is 9.92. The number of nitrogens with one attached hydrogen (secondary N) is 1. The first kappa shape index (κ1) is 12.8. The van der Waals surface area contributed by atoms with Crippen LogP contribution in [0.5, 0.6) is 0 Å². The second-order valence-electron chi connectivity index (χ2n) is 5.29. The van der Waals surface area contributed by atoms with E-state index >= 15 is 0 Å². The van der Waals surface area contributed by atoms with Gasteiger partial charge in [0.25, 0.3) is 0 Å². The van der Waals surface area contributed by atoms with Crippen molar-refractivity contribution in [3.8, 4) is 0 Å². The summed E-state index contributed by atoms with van der Waals surface area (Å²) in [6, 6.07) is 7.50. The molecule has 1 aromatic rings. The largest absolute Gasteiger partial charge is 0.316 e. The number of imide groups is 1. The third kappa shape index (κ3) is 2.16. The molecule has 1 aliphatic rings. The summed E-state index contributed by atoms with van der Waals surface area (Å²) in [5.74, 6) is -0.236. The van der Waals surface area contributed by atoms with E-state index in [-0.39, 0.29) is 18.2 Å². The molecular weight excluding hydrogens is 228 g/mol. The number of hydrogen-bond acceptors (Lipinski definition) is 3. The molecule has 0 radical (unpaired) electrons. The summed E-state index contributed by atoms with van der Waals surface area (Å²) in [6.07, 6.45) is 0.282. The maximum absolute atomic E-state index is 12.1. The third-order valence-corrected chi connectivity index (χ3v) is 3.20. The van der Waals surface area contributed by atoms with Gasteiger partial charge < -0.3 is 5.32 Å². The lowest BCUT2D eigenvalue weighted by Gasteiger charge is -2.18. The van der Waals surface area contributed by atoms with Gasteiger partial charge in [0.2, 0.25) is 11.8 Å². The van der Waals surface area contributed by atoms with Crippen molar-refractivity contribution >= 4 is 17.5 Å². The highest BCUT2D eigenvalue weighted by Gasteiger charge is 2.45. The van der Waals surface area contributed by atoms with E-state index < -0.39 is 5.41 Å². The number of rotatable bonds is 3. The second kappa shape index (κ2) is 4.53. The zero-order chi connectivity index (χ0) is 13.3. The lowest BCUT2D eigenvalue weighted by Crippen LogP contribution is -2.32. The molecule has 0 spiro atoms. The Morgan fingerprint density at radius 1 is 1.22 bits per heavy atom. The second-order valence-corrected chi connectivity index (χ2v) is 5.29. The summed E-state index contributed by atoms with van der Waals surface area (Å²) in [6.45, 7) is 4.39. The van der Waals surface area contributed by atoms with Crippen molar-refractivity contribution < 1.29 is 9.59 Å². The number of benzene rings is 1. The highest BCUT2D eigenvalue weighted by atomic mass is 16.2. The first-order valence-corrected chi connectivity index (χ1v) is 6.06. The van der Waals surface area contributed by atoms with Gasteiger partial charge in [-0.1, -0.05) is 26.0 Å². The Hall–Kier alpha value is -1.68. The molecule has 1 fully saturated rings. The van der Waals surface area contributed by atoms with E-state index in [2.05, 4.69) is 5.32 Å². The Bertz CT molecular complexity index is 477. The molecule has 0 aliphatic carbocycles. The molecular formula is C14H18N2O2. The van der Waals surface area contributed by atoms with Gasteiger partial charge in [-0.25, -0.2) is 0 Å². The van der Waals surface area contributed by atoms with Gasteiger partial charge in [0.05, 0.1) is 11.1 Å². The summed E-state index contributed by atoms with van der Waals surface area (Å²) < 4.78 is 0. The molecule has 2 rings (SSSR count). The molecule has 0 atom stereocenters. The van der Waals surface area contributed by atoms with Crippen LogP contribution in [-0.2, 0) is 16.1 Å². The molecule has 1 N–H and O–H groups in total. The zero-order valence-corrected chi connectivity index (χ0v) is 11.0. The van der Waals surface area contributed by atoms with Crippen LogP contribution >= 0.6 is 0 Å². The topological polar surface area (TPSA) is 49.4 Å². The lowest BCUT2D eigenvalue weighted by molar-refractivity contribution is -0.124. The van der Waals surface area contributed by atoms with Gasteiger partial charge in [0, 0.05) is 13.0 Å². The number of amides is 2. The van der Waals surface area contributed by atoms with Crippen LogP contribution in [0, 0.1) is 5.41 Å². The molecule has 0 aromatic heterocycles. The first-order valence-electron chi connectivity index (χ1n) is 6.06. The number of anilines is 1. The van der Waals surface area contributed by atoms with Crippen molar-refractivity contribution in [1.82, 2.24) is 5.32 Å². The van der Waals surface area contributed by atoms with Crippen LogP contribution in [0.25, 0.3) is 0 Å². The van der Waals surface area contributed by atoms with Gasteiger partial charge >= 0.3 is 0 Å². The molecule has 1 heterocycles. The van der Waals surface area contributed by atoms with E-state index in [1.165, 1.54) is 4.90 Å². The molecule has 4 heteroatoms. The average Bonchev–Trinajstić information content (AvgIpc) is 2.50. The Balaban J connectivity index is 2.26. The molecule has 0 bridgehead atoms. The Labute approximate surface area is 107 Å². The fourth-order valence-electron chi connectivity index (χ4n) is 2.18. The number of nitrogens with zero attached hydrogens (tertiary/aromatic N) is 1. The molecule has 1 saturated heterocycles. The molecule has 96 valence electrons. The number of carbonyl (C=O) groups excluding carboxylic acids is 2. The Morgan fingerprint density at radius 3 is 2.28 bits per heavy atom. The van der Waals surface area contributed by atoms with Gasteiger partial charge in [-0.3, -0.25) is 14.5 Å². The summed E-state index contributed by atoms with van der Waals surface area (Å²) in [5.41, 5.74) is 1.20. The van der Waals surface area contributed by atoms with E-state index in [0.29, 0.717) is 5.69 Å². The summed E-state index contributed by atoms with van der Waals surface area (Å²) in [5, 5.41) is 3.06. The van der Waals surface area contributed by atoms with E-state index in [1.807, 2.05) is 45.2 Å². The molecule has 0 saturated carbocycles. The van der Waals surface area contributed by atoms with E-state index in [1.54, 1.807) is 0 Å². The molecule has 1 aromatic carbocycles. The first-order chi connectivity index (χ1) is 8.45. The standard InChI is InChI=1S/C14H18N2O2/c1-14(2)8-12(17)16(13(14)18)11-6-4-10(5-7-11)9-15-3/h4-7,15H,8-9H2,1-3H3. The Kier molecular flexibility index (Phi) is 3.22. The van der Waals surface area contributed by atoms with Crippen LogP contribution in [0.3, 0.4) is 0 Å². The van der Waals surface area contributed by atoms with Gasteiger partial charge in [-0.2, -0.15) is 0 Å². The SMILES string of the molecule is CNCc1ccc(N2C(=O)CC(C)(C)C2=O)cc1. The van der Waals surface area contributed by atoms with E-state index in [0.717, 1.165) is 12.1 Å². The van der Waals surface area contributed by atoms with Crippen LogP contribution in [0.2, 0.25) is 0 Å². The highest BCUT2D eigenvalue weighted by molar-refractivity contribution is 6.22. The van der Waals surface area contributed by atoms with Crippen molar-refractivity contribution in [1.29, 1.82) is 0 Å². The fourth-order valence-corrected chi connectivity index (χ4v) is 2.18. The average molecular weight is 246 g/mol. The molecule has 4 nitrogen and oxygen atoms in total. The van der Waals surface area contributed by atoms with Gasteiger partial charge in [0.15, 0.2) is 0 Å². The molecule has 18 heavy (non-hydrogen) atoms. The van der Waals surface area contributed by atoms with Crippen LogP contribution in [0.15, 0.2) is 24.3 Å². The molecule has 0 unspecified atom stereocenters. The predicted octanol–water partition coefficient (Wildman–Crippen LogP) is 1.70. The van der Waals surface area contributed by atoms with Crippen LogP contribution in [0.4, 0.5) is 5.69 Å². The third-order valence-electron chi connectivity index (χ3n) is 3.20. The number of carbonyl (C=O) groups is 2. The molecule has 1 aliphatic heterocycles. The van der Waals surface area contributed by atoms with Crippen molar-refractivity contribution in [2.24, 2.45) is 5.41 Å². The van der Waals surface area contributed by atoms with Crippen LogP contribution < -0.4 is 10.2 Å². The quantitative estimate of drug-likeness (QED) is 0.826. The minimum absolute atomic E-state index is 0.117. The minimum atomic E-state index is -0.583. The van der Waals surface area contributed by atoms with Crippen LogP contribution in [0.1, 0.15) is 25.8 Å². The van der Waals surface area contributed by atoms with Crippen molar-refractivity contribution in [2.45, 2.75) is 26.8 Å². The summed E-state index contributed by atoms with van der Waals surface area (Å²) in [4.78, 5) is 25.3. The number of hydrogen-bond donors (Lipinski definition) is 1. The molecule has 2 amide bonds. The normalized spacial score (nSPS) is 18.5. The highest BCUT2D eigenvalue weighted by Crippen LogP contribution is 2.34. The predicted molar refractivity (Wildman–Crippen MR) is 70.1 cm³/mol. The monoisotopic (exact) mass is 246 g/mol. The van der Waals surface area contributed by atoms with Crippen LogP contribution in [-0.4, -0.2) is 18.9 Å². The van der Waals surface area contributed by atoms with Gasteiger partial charge in [-0.15, -0.1) is 0 Å². The van der Waals surface area contributed by atoms with E-state index in [4.69, 9.17) is 0 Å². The summed E-state index contributed by atoms with van der Waals surface area (Å²) in [7, 11) is 1.88. The summed E-state index contributed by atoms with van der Waals surface area (Å²) >= 11 is 0. The fraction of sp³-hybridized carbons (Fsp3) is 0.429. The van der Waals surface area contributed by atoms with Crippen molar-refractivity contribution in [3.63, 3.8) is 0 Å². The zero-order valence-electron chi connectivity index (χ0n) is 11.0. The van der Waals surface area contributed by atoms with Crippen molar-refractivity contribution in [3.05, 3.63) is 29.8 Å². The maximum atomic E-state index is 12.1. The van der Waals surface area contributed by atoms with Crippen molar-refractivity contribution in [2.75, 3.05) is 11.9 Å².